The maximum Gasteiger partial charge on any atom is 0.0726 e. The predicted molar refractivity (Wildman–Crippen MR) is 50.4 cm³/mol. The van der Waals surface area contributed by atoms with Gasteiger partial charge in [0.15, 0.2) is 0 Å². The van der Waals surface area contributed by atoms with E-state index >= 15 is 0 Å². The van der Waals surface area contributed by atoms with Crippen LogP contribution in [0.5, 0.6) is 0 Å². The monoisotopic (exact) mass is 173 g/mol. The molecule has 0 amide bonds. The van der Waals surface area contributed by atoms with Gasteiger partial charge in [-0.3, -0.25) is 4.84 Å². The zero-order valence-electron chi connectivity index (χ0n) is 7.65. The van der Waals surface area contributed by atoms with Crippen molar-refractivity contribution >= 4 is 9.52 Å². The number of hydrogen-bond acceptors (Lipinski definition) is 2. The van der Waals surface area contributed by atoms with Crippen LogP contribution in [0.4, 0.5) is 0 Å². The summed E-state index contributed by atoms with van der Waals surface area (Å²) in [4.78, 5) is 5.67. The Balaban J connectivity index is 2.22. The minimum atomic E-state index is 0.0960. The molecule has 0 saturated carbocycles. The van der Waals surface area contributed by atoms with Crippen LogP contribution in [-0.4, -0.2) is 21.3 Å². The molecule has 1 unspecified atom stereocenters. The van der Waals surface area contributed by atoms with E-state index < -0.39 is 0 Å². The van der Waals surface area contributed by atoms with Gasteiger partial charge in [-0.2, -0.15) is 0 Å². The molecule has 1 heterocycles. The van der Waals surface area contributed by atoms with Crippen LogP contribution in [0.15, 0.2) is 0 Å². The van der Waals surface area contributed by atoms with Crippen molar-refractivity contribution in [1.82, 2.24) is 5.48 Å². The molecule has 2 nitrogen and oxygen atoms in total. The van der Waals surface area contributed by atoms with E-state index in [9.17, 15) is 0 Å². The summed E-state index contributed by atoms with van der Waals surface area (Å²) in [7, 11) is 0.0960. The Bertz CT molecular complexity index is 115. The van der Waals surface area contributed by atoms with Gasteiger partial charge in [-0.25, -0.2) is 5.48 Å². The van der Waals surface area contributed by atoms with E-state index in [0.29, 0.717) is 5.22 Å². The summed E-state index contributed by atoms with van der Waals surface area (Å²) in [5.74, 6) is 0. The van der Waals surface area contributed by atoms with Crippen molar-refractivity contribution in [2.24, 2.45) is 0 Å². The average Bonchev–Trinajstić information content (AvgIpc) is 1.95. The van der Waals surface area contributed by atoms with Gasteiger partial charge in [-0.1, -0.05) is 26.3 Å². The van der Waals surface area contributed by atoms with Crippen LogP contribution in [0.3, 0.4) is 0 Å². The second-order valence-corrected chi connectivity index (χ2v) is 5.88. The van der Waals surface area contributed by atoms with Crippen LogP contribution in [0.25, 0.3) is 0 Å². The van der Waals surface area contributed by atoms with Gasteiger partial charge in [0, 0.05) is 6.54 Å². The van der Waals surface area contributed by atoms with Crippen molar-refractivity contribution in [3.8, 4) is 0 Å². The molecule has 3 heteroatoms. The van der Waals surface area contributed by atoms with Gasteiger partial charge in [0.2, 0.25) is 0 Å². The molecule has 0 aromatic rings. The molecule has 0 spiro atoms. The van der Waals surface area contributed by atoms with Gasteiger partial charge in [-0.15, -0.1) is 0 Å². The molecule has 1 fully saturated rings. The predicted octanol–water partition coefficient (Wildman–Crippen LogP) is 1.01. The van der Waals surface area contributed by atoms with Crippen LogP contribution >= 0.6 is 0 Å². The number of hydroxylamine groups is 1. The summed E-state index contributed by atoms with van der Waals surface area (Å²) < 4.78 is 0. The van der Waals surface area contributed by atoms with Crippen molar-refractivity contribution in [2.45, 2.75) is 44.4 Å². The Hall–Kier alpha value is 0.137. The molecule has 0 aliphatic carbocycles. The second-order valence-electron chi connectivity index (χ2n) is 3.39. The van der Waals surface area contributed by atoms with E-state index in [2.05, 4.69) is 19.3 Å². The number of nitrogens with one attached hydrogen (secondary N) is 1. The van der Waals surface area contributed by atoms with E-state index in [1.54, 1.807) is 0 Å². The highest BCUT2D eigenvalue weighted by molar-refractivity contribution is 6.43. The molecule has 1 aliphatic heterocycles. The van der Waals surface area contributed by atoms with Crippen molar-refractivity contribution in [2.75, 3.05) is 6.54 Å². The summed E-state index contributed by atoms with van der Waals surface area (Å²) in [6.45, 7) is 5.25. The maximum absolute atomic E-state index is 5.67. The lowest BCUT2D eigenvalue weighted by atomic mass is 10.1. The van der Waals surface area contributed by atoms with Gasteiger partial charge in [-0.05, 0) is 12.8 Å². The zero-order chi connectivity index (χ0) is 8.16. The summed E-state index contributed by atoms with van der Waals surface area (Å²) >= 11 is 0. The van der Waals surface area contributed by atoms with E-state index in [1.807, 2.05) is 0 Å². The number of hydrogen-bond donors (Lipinski definition) is 1. The van der Waals surface area contributed by atoms with Gasteiger partial charge in [0.1, 0.15) is 0 Å². The minimum absolute atomic E-state index is 0.0960. The molecule has 0 radical (unpaired) electrons. The average molecular weight is 173 g/mol. The summed E-state index contributed by atoms with van der Waals surface area (Å²) in [6.07, 6.45) is 3.84. The molecule has 0 aromatic carbocycles. The van der Waals surface area contributed by atoms with Crippen molar-refractivity contribution in [3.63, 3.8) is 0 Å². The fraction of sp³-hybridized carbons (Fsp3) is 1.00. The molecule has 1 rings (SSSR count). The largest absolute Gasteiger partial charge is 0.300 e. The Morgan fingerprint density at radius 3 is 2.64 bits per heavy atom. The van der Waals surface area contributed by atoms with Crippen molar-refractivity contribution in [1.29, 1.82) is 0 Å². The summed E-state index contributed by atoms with van der Waals surface area (Å²) in [5, 5.41) is 0.352. The third-order valence-corrected chi connectivity index (χ3v) is 4.87. The first-order valence-corrected chi connectivity index (χ1v) is 6.44. The minimum Gasteiger partial charge on any atom is -0.300 e. The lowest BCUT2D eigenvalue weighted by Gasteiger charge is -2.40. The van der Waals surface area contributed by atoms with Crippen LogP contribution in [0, 0.1) is 0 Å². The van der Waals surface area contributed by atoms with E-state index in [1.165, 1.54) is 25.3 Å². The standard InChI is InChI=1S/C8H19NOSi/c1-3-5-8(6-7-11-8)10-9-4-2/h9H,3-7,11H2,1-2H3. The highest BCUT2D eigenvalue weighted by Gasteiger charge is 2.37. The highest BCUT2D eigenvalue weighted by atomic mass is 28.2. The van der Waals surface area contributed by atoms with E-state index in [0.717, 1.165) is 6.54 Å². The third kappa shape index (κ3) is 2.29. The lowest BCUT2D eigenvalue weighted by Crippen LogP contribution is -2.50. The fourth-order valence-corrected chi connectivity index (χ4v) is 3.60. The molecule has 1 N–H and O–H groups in total. The zero-order valence-corrected chi connectivity index (χ0v) is 9.07. The highest BCUT2D eigenvalue weighted by Crippen LogP contribution is 2.32. The molecule has 1 saturated heterocycles. The first kappa shape index (κ1) is 9.23. The van der Waals surface area contributed by atoms with Crippen molar-refractivity contribution < 1.29 is 4.84 Å². The van der Waals surface area contributed by atoms with Gasteiger partial charge >= 0.3 is 0 Å². The summed E-state index contributed by atoms with van der Waals surface area (Å²) in [5.41, 5.74) is 3.01. The second kappa shape index (κ2) is 4.23. The van der Waals surface area contributed by atoms with Crippen LogP contribution in [0.1, 0.15) is 33.1 Å². The molecule has 0 bridgehead atoms. The number of rotatable bonds is 5. The maximum atomic E-state index is 5.67. The fourth-order valence-electron chi connectivity index (χ4n) is 1.66. The lowest BCUT2D eigenvalue weighted by molar-refractivity contribution is -0.0721. The quantitative estimate of drug-likeness (QED) is 0.495. The molecule has 1 atom stereocenters. The third-order valence-electron chi connectivity index (χ3n) is 2.40. The Morgan fingerprint density at radius 2 is 2.27 bits per heavy atom. The van der Waals surface area contributed by atoms with E-state index in [-0.39, 0.29) is 9.52 Å². The topological polar surface area (TPSA) is 21.3 Å². The molecular weight excluding hydrogens is 154 g/mol. The Labute approximate surface area is 71.5 Å². The molecular formula is C8H19NOSi. The van der Waals surface area contributed by atoms with Gasteiger partial charge in [0.25, 0.3) is 0 Å². The van der Waals surface area contributed by atoms with Gasteiger partial charge < -0.3 is 0 Å². The van der Waals surface area contributed by atoms with E-state index in [4.69, 9.17) is 4.84 Å². The normalized spacial score (nSPS) is 32.2. The SMILES string of the molecule is CCCC1(ONCC)CC[SiH2]1. The Kier molecular flexibility index (Phi) is 3.55. The van der Waals surface area contributed by atoms with Gasteiger partial charge in [0.05, 0.1) is 14.7 Å². The summed E-state index contributed by atoms with van der Waals surface area (Å²) in [6, 6.07) is 1.48. The first-order valence-electron chi connectivity index (χ1n) is 4.74. The molecule has 1 aliphatic rings. The Morgan fingerprint density at radius 1 is 1.55 bits per heavy atom. The van der Waals surface area contributed by atoms with Crippen LogP contribution in [-0.2, 0) is 4.84 Å². The smallest absolute Gasteiger partial charge is 0.0726 e. The molecule has 66 valence electrons. The van der Waals surface area contributed by atoms with Crippen molar-refractivity contribution in [3.05, 3.63) is 0 Å². The molecule has 11 heavy (non-hydrogen) atoms. The van der Waals surface area contributed by atoms with Crippen LogP contribution < -0.4 is 5.48 Å². The molecule has 0 aromatic heterocycles. The first-order chi connectivity index (χ1) is 5.33. The van der Waals surface area contributed by atoms with Crippen LogP contribution in [0.2, 0.25) is 6.04 Å².